The van der Waals surface area contributed by atoms with Gasteiger partial charge in [-0.05, 0) is 19.1 Å². The first-order chi connectivity index (χ1) is 11.2. The fraction of sp³-hybridized carbons (Fsp3) is 0.333. The summed E-state index contributed by atoms with van der Waals surface area (Å²) in [6.07, 6.45) is 0. The van der Waals surface area contributed by atoms with Crippen LogP contribution in [0.15, 0.2) is 24.3 Å². The SMILES string of the molecule is C.Cc1c(F)c(N2CCNCC2)n2c(nc3ccccc32)c1C#N. The van der Waals surface area contributed by atoms with Crippen molar-refractivity contribution in [1.82, 2.24) is 14.7 Å². The summed E-state index contributed by atoms with van der Waals surface area (Å²) in [6, 6.07) is 9.72. The minimum atomic E-state index is -0.334. The van der Waals surface area contributed by atoms with E-state index in [9.17, 15) is 5.26 Å². The van der Waals surface area contributed by atoms with Crippen LogP contribution in [-0.2, 0) is 0 Å². The van der Waals surface area contributed by atoms with Gasteiger partial charge in [0, 0.05) is 31.7 Å². The highest BCUT2D eigenvalue weighted by Gasteiger charge is 2.25. The van der Waals surface area contributed by atoms with E-state index in [1.807, 2.05) is 29.2 Å². The van der Waals surface area contributed by atoms with Gasteiger partial charge in [-0.2, -0.15) is 5.26 Å². The van der Waals surface area contributed by atoms with Crippen LogP contribution in [0.5, 0.6) is 0 Å². The number of aromatic nitrogens is 2. The molecule has 0 spiro atoms. The molecule has 4 rings (SSSR count). The lowest BCUT2D eigenvalue weighted by Gasteiger charge is -2.31. The Morgan fingerprint density at radius 2 is 1.96 bits per heavy atom. The molecule has 24 heavy (non-hydrogen) atoms. The summed E-state index contributed by atoms with van der Waals surface area (Å²) >= 11 is 0. The second-order valence-corrected chi connectivity index (χ2v) is 5.75. The van der Waals surface area contributed by atoms with Gasteiger partial charge in [-0.1, -0.05) is 19.6 Å². The first-order valence-electron chi connectivity index (χ1n) is 7.67. The Morgan fingerprint density at radius 3 is 2.67 bits per heavy atom. The third-order valence-electron chi connectivity index (χ3n) is 4.43. The topological polar surface area (TPSA) is 56.4 Å². The number of piperazine rings is 1. The van der Waals surface area contributed by atoms with E-state index in [0.29, 0.717) is 22.6 Å². The molecule has 0 amide bonds. The molecule has 6 heteroatoms. The number of anilines is 1. The number of imidazole rings is 1. The summed E-state index contributed by atoms with van der Waals surface area (Å²) in [5, 5.41) is 12.8. The Bertz CT molecular complexity index is 948. The lowest BCUT2D eigenvalue weighted by Crippen LogP contribution is -2.44. The van der Waals surface area contributed by atoms with E-state index in [1.165, 1.54) is 0 Å². The molecule has 1 aliphatic rings. The van der Waals surface area contributed by atoms with Gasteiger partial charge < -0.3 is 10.2 Å². The standard InChI is InChI=1S/C17H16FN5.CH4/c1-11-12(10-19)16-21-13-4-2-3-5-14(13)23(16)17(15(11)18)22-8-6-20-7-9-22;/h2-5,20H,6-9H2,1H3;1H4. The molecule has 124 valence electrons. The molecule has 0 saturated carbocycles. The Labute approximate surface area is 140 Å². The minimum Gasteiger partial charge on any atom is -0.353 e. The average molecular weight is 325 g/mol. The number of hydrogen-bond acceptors (Lipinski definition) is 4. The molecule has 0 atom stereocenters. The van der Waals surface area contributed by atoms with Gasteiger partial charge in [-0.15, -0.1) is 0 Å². The van der Waals surface area contributed by atoms with E-state index in [1.54, 1.807) is 11.3 Å². The molecule has 0 aliphatic carbocycles. The second-order valence-electron chi connectivity index (χ2n) is 5.75. The van der Waals surface area contributed by atoms with Crippen molar-refractivity contribution in [2.24, 2.45) is 0 Å². The number of benzene rings is 1. The molecule has 1 aromatic carbocycles. The summed E-state index contributed by atoms with van der Waals surface area (Å²) in [4.78, 5) is 6.60. The number of nitriles is 1. The van der Waals surface area contributed by atoms with E-state index in [-0.39, 0.29) is 13.2 Å². The maximum Gasteiger partial charge on any atom is 0.168 e. The maximum absolute atomic E-state index is 15.1. The van der Waals surface area contributed by atoms with Crippen LogP contribution in [0.3, 0.4) is 0 Å². The number of pyridine rings is 1. The smallest absolute Gasteiger partial charge is 0.168 e. The van der Waals surface area contributed by atoms with E-state index in [2.05, 4.69) is 16.4 Å². The number of fused-ring (bicyclic) bond motifs is 3. The zero-order valence-electron chi connectivity index (χ0n) is 12.8. The number of rotatable bonds is 1. The van der Waals surface area contributed by atoms with Crippen molar-refractivity contribution in [3.8, 4) is 6.07 Å². The molecule has 0 radical (unpaired) electrons. The first kappa shape index (κ1) is 16.2. The second kappa shape index (κ2) is 6.10. The van der Waals surface area contributed by atoms with Gasteiger partial charge in [-0.25, -0.2) is 9.37 Å². The molecule has 5 nitrogen and oxygen atoms in total. The maximum atomic E-state index is 15.1. The molecule has 3 heterocycles. The van der Waals surface area contributed by atoms with E-state index in [4.69, 9.17) is 0 Å². The molecule has 3 aromatic rings. The van der Waals surface area contributed by atoms with Crippen molar-refractivity contribution in [2.75, 3.05) is 31.1 Å². The fourth-order valence-corrected chi connectivity index (χ4v) is 3.24. The summed E-state index contributed by atoms with van der Waals surface area (Å²) in [7, 11) is 0. The van der Waals surface area contributed by atoms with E-state index >= 15 is 4.39 Å². The van der Waals surface area contributed by atoms with E-state index < -0.39 is 0 Å². The molecular weight excluding hydrogens is 305 g/mol. The monoisotopic (exact) mass is 325 g/mol. The molecule has 1 N–H and O–H groups in total. The number of para-hydroxylation sites is 2. The van der Waals surface area contributed by atoms with Gasteiger partial charge in [0.2, 0.25) is 0 Å². The van der Waals surface area contributed by atoms with Crippen LogP contribution in [0.1, 0.15) is 18.6 Å². The molecule has 0 bridgehead atoms. The highest BCUT2D eigenvalue weighted by Crippen LogP contribution is 2.32. The van der Waals surface area contributed by atoms with Crippen molar-refractivity contribution < 1.29 is 4.39 Å². The lowest BCUT2D eigenvalue weighted by atomic mass is 10.1. The van der Waals surface area contributed by atoms with Crippen LogP contribution in [0.2, 0.25) is 0 Å². The zero-order chi connectivity index (χ0) is 16.0. The van der Waals surface area contributed by atoms with Gasteiger partial charge in [0.1, 0.15) is 11.6 Å². The van der Waals surface area contributed by atoms with Crippen molar-refractivity contribution in [3.05, 3.63) is 41.2 Å². The minimum absolute atomic E-state index is 0. The predicted octanol–water partition coefficient (Wildman–Crippen LogP) is 2.85. The largest absolute Gasteiger partial charge is 0.353 e. The van der Waals surface area contributed by atoms with Crippen LogP contribution in [0, 0.1) is 24.1 Å². The molecule has 1 aliphatic heterocycles. The molecule has 1 saturated heterocycles. The Kier molecular flexibility index (Phi) is 4.12. The fourth-order valence-electron chi connectivity index (χ4n) is 3.24. The Hall–Kier alpha value is -2.65. The lowest BCUT2D eigenvalue weighted by molar-refractivity contribution is 0.553. The number of hydrogen-bond donors (Lipinski definition) is 1. The van der Waals surface area contributed by atoms with Gasteiger partial charge in [-0.3, -0.25) is 4.40 Å². The van der Waals surface area contributed by atoms with Crippen LogP contribution in [-0.4, -0.2) is 35.6 Å². The predicted molar refractivity (Wildman–Crippen MR) is 93.9 cm³/mol. The molecule has 0 unspecified atom stereocenters. The van der Waals surface area contributed by atoms with Crippen molar-refractivity contribution in [3.63, 3.8) is 0 Å². The Balaban J connectivity index is 0.00000169. The molecule has 2 aromatic heterocycles. The van der Waals surface area contributed by atoms with Crippen molar-refractivity contribution in [1.29, 1.82) is 5.26 Å². The third-order valence-corrected chi connectivity index (χ3v) is 4.43. The summed E-state index contributed by atoms with van der Waals surface area (Å²) in [6.45, 7) is 4.73. The van der Waals surface area contributed by atoms with Gasteiger partial charge >= 0.3 is 0 Å². The van der Waals surface area contributed by atoms with Crippen LogP contribution in [0.4, 0.5) is 10.2 Å². The van der Waals surface area contributed by atoms with Crippen LogP contribution >= 0.6 is 0 Å². The number of halogens is 1. The third kappa shape index (κ3) is 2.21. The summed E-state index contributed by atoms with van der Waals surface area (Å²) in [5.74, 6) is 0.172. The summed E-state index contributed by atoms with van der Waals surface area (Å²) < 4.78 is 16.9. The van der Waals surface area contributed by atoms with Gasteiger partial charge in [0.15, 0.2) is 17.3 Å². The highest BCUT2D eigenvalue weighted by molar-refractivity contribution is 5.85. The average Bonchev–Trinajstić information content (AvgIpc) is 2.96. The Morgan fingerprint density at radius 1 is 1.25 bits per heavy atom. The highest BCUT2D eigenvalue weighted by atomic mass is 19.1. The first-order valence-corrected chi connectivity index (χ1v) is 7.67. The van der Waals surface area contributed by atoms with Crippen LogP contribution in [0.25, 0.3) is 16.7 Å². The van der Waals surface area contributed by atoms with E-state index in [0.717, 1.165) is 37.2 Å². The molecule has 1 fully saturated rings. The number of nitrogens with zero attached hydrogens (tertiary/aromatic N) is 4. The quantitative estimate of drug-likeness (QED) is 0.747. The van der Waals surface area contributed by atoms with Gasteiger partial charge in [0.05, 0.1) is 11.0 Å². The normalized spacial score (nSPS) is 14.6. The van der Waals surface area contributed by atoms with Crippen molar-refractivity contribution in [2.45, 2.75) is 14.4 Å². The zero-order valence-corrected chi connectivity index (χ0v) is 12.8. The van der Waals surface area contributed by atoms with Crippen molar-refractivity contribution >= 4 is 22.5 Å². The number of nitrogens with one attached hydrogen (secondary N) is 1. The van der Waals surface area contributed by atoms with Gasteiger partial charge in [0.25, 0.3) is 0 Å². The molecular formula is C18H20FN5. The summed E-state index contributed by atoms with van der Waals surface area (Å²) in [5.41, 5.74) is 2.79. The van der Waals surface area contributed by atoms with Crippen LogP contribution < -0.4 is 10.2 Å².